The summed E-state index contributed by atoms with van der Waals surface area (Å²) in [5.74, 6) is -0.971. The first-order valence-corrected chi connectivity index (χ1v) is 13.6. The number of nitrogens with one attached hydrogen (secondary N) is 2. The molecule has 2 N–H and O–H groups in total. The van der Waals surface area contributed by atoms with Gasteiger partial charge in [-0.25, -0.2) is 0 Å². The average molecular weight is 525 g/mol. The van der Waals surface area contributed by atoms with Crippen molar-refractivity contribution >= 4 is 29.3 Å². The van der Waals surface area contributed by atoms with Gasteiger partial charge in [-0.05, 0) is 68.4 Å². The maximum Gasteiger partial charge on any atom is 0.262 e. The maximum absolute atomic E-state index is 13.1. The standard InChI is InChI=1S/C29H28N6O4/c36-25-9-8-24(27(37)32-25)35-28(38)20-7-6-18(13-21(20)29(35)39)31-14-16-11-19(12-16)34-15-22(23-3-1-2-10-30-23)26(33-34)17-4-5-17/h1-3,6-7,10,13,15-17,19,24,31H,4-5,8-9,11-12,14H2,(H,32,36,37)/t16-,19-,24?. The number of pyridine rings is 1. The van der Waals surface area contributed by atoms with E-state index < -0.39 is 23.8 Å². The normalized spacial score (nSPS) is 24.4. The van der Waals surface area contributed by atoms with Gasteiger partial charge in [0.25, 0.3) is 11.8 Å². The number of aromatic nitrogens is 3. The lowest BCUT2D eigenvalue weighted by Crippen LogP contribution is -2.54. The lowest BCUT2D eigenvalue weighted by atomic mass is 9.80. The maximum atomic E-state index is 13.1. The molecular formula is C29H28N6O4. The van der Waals surface area contributed by atoms with Crippen LogP contribution >= 0.6 is 0 Å². The number of amides is 4. The fourth-order valence-electron chi connectivity index (χ4n) is 5.90. The molecule has 4 aliphatic rings. The van der Waals surface area contributed by atoms with E-state index in [1.165, 1.54) is 18.5 Å². The Kier molecular flexibility index (Phi) is 5.57. The molecule has 1 atom stereocenters. The molecule has 0 spiro atoms. The number of rotatable bonds is 7. The van der Waals surface area contributed by atoms with Gasteiger partial charge in [-0.3, -0.25) is 39.1 Å². The second-order valence-corrected chi connectivity index (χ2v) is 11.0. The summed E-state index contributed by atoms with van der Waals surface area (Å²) in [6, 6.07) is 10.5. The molecule has 3 fully saturated rings. The SMILES string of the molecule is O=C1CCC(N2C(=O)c3ccc(NC[C@H]4C[C@H](n5cc(-c6ccccn6)c(C6CC6)n5)C4)cc3C2=O)C(=O)N1. The van der Waals surface area contributed by atoms with Crippen molar-refractivity contribution in [1.29, 1.82) is 0 Å². The van der Waals surface area contributed by atoms with Gasteiger partial charge in [0.1, 0.15) is 6.04 Å². The quantitative estimate of drug-likeness (QED) is 0.454. The summed E-state index contributed by atoms with van der Waals surface area (Å²) in [6.07, 6.45) is 8.61. The Labute approximate surface area is 224 Å². The first kappa shape index (κ1) is 23.8. The number of fused-ring (bicyclic) bond motifs is 1. The van der Waals surface area contributed by atoms with Crippen LogP contribution in [0.15, 0.2) is 48.8 Å². The zero-order valence-electron chi connectivity index (χ0n) is 21.3. The monoisotopic (exact) mass is 524 g/mol. The van der Waals surface area contributed by atoms with E-state index in [2.05, 4.69) is 26.5 Å². The number of anilines is 1. The highest BCUT2D eigenvalue weighted by atomic mass is 16.2. The van der Waals surface area contributed by atoms with Gasteiger partial charge in [-0.1, -0.05) is 6.07 Å². The molecule has 198 valence electrons. The van der Waals surface area contributed by atoms with E-state index in [9.17, 15) is 19.2 Å². The molecule has 10 nitrogen and oxygen atoms in total. The van der Waals surface area contributed by atoms with E-state index in [0.29, 0.717) is 17.9 Å². The summed E-state index contributed by atoms with van der Waals surface area (Å²) in [5, 5.41) is 10.6. The topological polar surface area (TPSA) is 126 Å². The molecule has 1 saturated heterocycles. The number of nitrogens with zero attached hydrogens (tertiary/aromatic N) is 4. The smallest absolute Gasteiger partial charge is 0.262 e. The fourth-order valence-corrected chi connectivity index (χ4v) is 5.90. The molecule has 0 bridgehead atoms. The fraction of sp³-hybridized carbons (Fsp3) is 0.379. The van der Waals surface area contributed by atoms with Crippen LogP contribution in [-0.2, 0) is 9.59 Å². The van der Waals surface area contributed by atoms with E-state index in [4.69, 9.17) is 5.10 Å². The molecule has 1 aromatic carbocycles. The van der Waals surface area contributed by atoms with Gasteiger partial charge < -0.3 is 5.32 Å². The molecule has 2 saturated carbocycles. The van der Waals surface area contributed by atoms with Gasteiger partial charge >= 0.3 is 0 Å². The first-order valence-electron chi connectivity index (χ1n) is 13.6. The lowest BCUT2D eigenvalue weighted by molar-refractivity contribution is -0.136. The van der Waals surface area contributed by atoms with Crippen LogP contribution in [0.4, 0.5) is 5.69 Å². The van der Waals surface area contributed by atoms with Crippen LogP contribution < -0.4 is 10.6 Å². The van der Waals surface area contributed by atoms with Crippen LogP contribution in [0.1, 0.15) is 76.9 Å². The summed E-state index contributed by atoms with van der Waals surface area (Å²) < 4.78 is 2.12. The van der Waals surface area contributed by atoms with Crippen LogP contribution in [0.2, 0.25) is 0 Å². The zero-order chi connectivity index (χ0) is 26.7. The minimum absolute atomic E-state index is 0.101. The summed E-state index contributed by atoms with van der Waals surface area (Å²) in [4.78, 5) is 55.3. The minimum Gasteiger partial charge on any atom is -0.385 e. The van der Waals surface area contributed by atoms with Crippen LogP contribution in [-0.4, -0.2) is 55.9 Å². The number of piperidine rings is 1. The minimum atomic E-state index is -0.959. The van der Waals surface area contributed by atoms with Crippen LogP contribution in [0, 0.1) is 5.92 Å². The number of benzene rings is 1. The molecule has 2 aromatic heterocycles. The van der Waals surface area contributed by atoms with E-state index in [-0.39, 0.29) is 29.9 Å². The van der Waals surface area contributed by atoms with Crippen LogP contribution in [0.5, 0.6) is 0 Å². The third-order valence-electron chi connectivity index (χ3n) is 8.28. The van der Waals surface area contributed by atoms with Crippen molar-refractivity contribution in [3.05, 3.63) is 65.6 Å². The predicted molar refractivity (Wildman–Crippen MR) is 141 cm³/mol. The molecule has 1 unspecified atom stereocenters. The highest BCUT2D eigenvalue weighted by molar-refractivity contribution is 6.23. The van der Waals surface area contributed by atoms with Crippen molar-refractivity contribution < 1.29 is 19.2 Å². The van der Waals surface area contributed by atoms with Gasteiger partial charge in [0.2, 0.25) is 11.8 Å². The molecule has 7 rings (SSSR count). The van der Waals surface area contributed by atoms with Gasteiger partial charge in [-0.15, -0.1) is 0 Å². The summed E-state index contributed by atoms with van der Waals surface area (Å²) in [5.41, 5.74) is 4.61. The third-order valence-corrected chi connectivity index (χ3v) is 8.28. The van der Waals surface area contributed by atoms with Gasteiger partial charge in [0.05, 0.1) is 28.6 Å². The van der Waals surface area contributed by atoms with Crippen molar-refractivity contribution in [2.45, 2.75) is 56.5 Å². The molecular weight excluding hydrogens is 496 g/mol. The zero-order valence-corrected chi connectivity index (χ0v) is 21.3. The Morgan fingerprint density at radius 3 is 2.51 bits per heavy atom. The Morgan fingerprint density at radius 1 is 0.949 bits per heavy atom. The molecule has 2 aliphatic heterocycles. The van der Waals surface area contributed by atoms with E-state index in [0.717, 1.165) is 41.2 Å². The molecule has 0 radical (unpaired) electrons. The molecule has 4 heterocycles. The Bertz CT molecular complexity index is 1510. The largest absolute Gasteiger partial charge is 0.385 e. The molecule has 39 heavy (non-hydrogen) atoms. The predicted octanol–water partition coefficient (Wildman–Crippen LogP) is 3.29. The number of hydrogen-bond acceptors (Lipinski definition) is 7. The van der Waals surface area contributed by atoms with Gasteiger partial charge in [0, 0.05) is 42.5 Å². The Hall–Kier alpha value is -4.34. The highest BCUT2D eigenvalue weighted by Gasteiger charge is 2.44. The van der Waals surface area contributed by atoms with Crippen molar-refractivity contribution in [2.24, 2.45) is 5.92 Å². The molecule has 2 aliphatic carbocycles. The van der Waals surface area contributed by atoms with Gasteiger partial charge in [-0.2, -0.15) is 5.10 Å². The number of carbonyl (C=O) groups excluding carboxylic acids is 4. The van der Waals surface area contributed by atoms with Crippen LogP contribution in [0.25, 0.3) is 11.3 Å². The molecule has 10 heteroatoms. The lowest BCUT2D eigenvalue weighted by Gasteiger charge is -2.35. The van der Waals surface area contributed by atoms with Crippen molar-refractivity contribution in [3.63, 3.8) is 0 Å². The number of imide groups is 2. The Balaban J connectivity index is 0.987. The summed E-state index contributed by atoms with van der Waals surface area (Å²) in [7, 11) is 0. The molecule has 4 amide bonds. The number of hydrogen-bond donors (Lipinski definition) is 2. The second kappa shape index (κ2) is 9.14. The van der Waals surface area contributed by atoms with Crippen molar-refractivity contribution in [1.82, 2.24) is 25.0 Å². The third kappa shape index (κ3) is 4.20. The highest BCUT2D eigenvalue weighted by Crippen LogP contribution is 2.45. The van der Waals surface area contributed by atoms with Crippen LogP contribution in [0.3, 0.4) is 0 Å². The first-order chi connectivity index (χ1) is 19.0. The number of carbonyl (C=O) groups is 4. The average Bonchev–Trinajstić information content (AvgIpc) is 3.62. The molecule has 3 aromatic rings. The van der Waals surface area contributed by atoms with Crippen molar-refractivity contribution in [2.75, 3.05) is 11.9 Å². The second-order valence-electron chi connectivity index (χ2n) is 11.0. The van der Waals surface area contributed by atoms with E-state index >= 15 is 0 Å². The Morgan fingerprint density at radius 2 is 1.77 bits per heavy atom. The summed E-state index contributed by atoms with van der Waals surface area (Å²) >= 11 is 0. The van der Waals surface area contributed by atoms with E-state index in [1.54, 1.807) is 18.2 Å². The van der Waals surface area contributed by atoms with E-state index in [1.807, 2.05) is 24.4 Å². The van der Waals surface area contributed by atoms with Crippen molar-refractivity contribution in [3.8, 4) is 11.3 Å². The summed E-state index contributed by atoms with van der Waals surface area (Å²) in [6.45, 7) is 0.748. The van der Waals surface area contributed by atoms with Gasteiger partial charge in [0.15, 0.2) is 0 Å².